The van der Waals surface area contributed by atoms with E-state index in [2.05, 4.69) is 11.9 Å². The molecule has 0 atom stereocenters. The predicted molar refractivity (Wildman–Crippen MR) is 112 cm³/mol. The fourth-order valence-electron chi connectivity index (χ4n) is 3.26. The Morgan fingerprint density at radius 2 is 1.72 bits per heavy atom. The quantitative estimate of drug-likeness (QED) is 0.364. The normalized spacial score (nSPS) is 10.8. The second-order valence-corrected chi connectivity index (χ2v) is 7.08. The number of carbonyl (C=O) groups is 1. The van der Waals surface area contributed by atoms with Gasteiger partial charge in [-0.1, -0.05) is 43.3 Å². The van der Waals surface area contributed by atoms with Crippen LogP contribution in [0.15, 0.2) is 60.8 Å². The molecular formula is C24H24F2N2O. The molecule has 3 aromatic rings. The largest absolute Gasteiger partial charge is 0.372 e. The third-order valence-electron chi connectivity index (χ3n) is 4.89. The van der Waals surface area contributed by atoms with Crippen LogP contribution >= 0.6 is 0 Å². The number of benzene rings is 2. The second kappa shape index (κ2) is 9.41. The number of nitrogens with zero attached hydrogens (tertiary/aromatic N) is 2. The number of rotatable bonds is 8. The first-order chi connectivity index (χ1) is 14.0. The lowest BCUT2D eigenvalue weighted by molar-refractivity contribution is 0.0983. The molecule has 0 aliphatic carbocycles. The number of aryl methyl sites for hydroxylation is 1. The van der Waals surface area contributed by atoms with Crippen molar-refractivity contribution in [3.63, 3.8) is 0 Å². The van der Waals surface area contributed by atoms with E-state index in [4.69, 9.17) is 0 Å². The Hall–Kier alpha value is -3.08. The highest BCUT2D eigenvalue weighted by atomic mass is 19.1. The van der Waals surface area contributed by atoms with Crippen molar-refractivity contribution in [3.05, 3.63) is 83.7 Å². The molecule has 0 saturated carbocycles. The van der Waals surface area contributed by atoms with Gasteiger partial charge in [0.25, 0.3) is 0 Å². The van der Waals surface area contributed by atoms with Crippen molar-refractivity contribution < 1.29 is 13.6 Å². The highest BCUT2D eigenvalue weighted by molar-refractivity contribution is 5.96. The molecule has 0 aliphatic rings. The van der Waals surface area contributed by atoms with E-state index in [0.717, 1.165) is 29.7 Å². The number of Topliss-reactive ketones (excluding diaryl/α,β-unsaturated/α-hetero) is 1. The Labute approximate surface area is 170 Å². The molecule has 150 valence electrons. The van der Waals surface area contributed by atoms with E-state index in [-0.39, 0.29) is 11.6 Å². The summed E-state index contributed by atoms with van der Waals surface area (Å²) in [4.78, 5) is 17.9. The third kappa shape index (κ3) is 5.25. The van der Waals surface area contributed by atoms with Crippen LogP contribution in [0.5, 0.6) is 0 Å². The molecule has 29 heavy (non-hydrogen) atoms. The van der Waals surface area contributed by atoms with Crippen LogP contribution in [-0.2, 0) is 6.42 Å². The van der Waals surface area contributed by atoms with Gasteiger partial charge in [0.15, 0.2) is 5.78 Å². The SMILES string of the molecule is CCCN(C)c1ccc(-c2ccc(C(=O)CCc3ccc(F)nc3)cc2)cc1F. The average molecular weight is 394 g/mol. The summed E-state index contributed by atoms with van der Waals surface area (Å²) in [5, 5.41) is 0. The van der Waals surface area contributed by atoms with E-state index < -0.39 is 5.95 Å². The molecule has 0 spiro atoms. The van der Waals surface area contributed by atoms with E-state index in [1.807, 2.05) is 30.1 Å². The van der Waals surface area contributed by atoms with Crippen LogP contribution < -0.4 is 4.90 Å². The van der Waals surface area contributed by atoms with Gasteiger partial charge in [0.05, 0.1) is 5.69 Å². The lowest BCUT2D eigenvalue weighted by Crippen LogP contribution is -2.18. The summed E-state index contributed by atoms with van der Waals surface area (Å²) >= 11 is 0. The lowest BCUT2D eigenvalue weighted by atomic mass is 9.99. The van der Waals surface area contributed by atoms with E-state index in [9.17, 15) is 13.6 Å². The molecule has 1 aromatic heterocycles. The fraction of sp³-hybridized carbons (Fsp3) is 0.250. The molecule has 0 radical (unpaired) electrons. The minimum Gasteiger partial charge on any atom is -0.372 e. The third-order valence-corrected chi connectivity index (χ3v) is 4.89. The average Bonchev–Trinajstić information content (AvgIpc) is 2.73. The molecule has 3 rings (SSSR count). The molecule has 0 unspecified atom stereocenters. The zero-order valence-electron chi connectivity index (χ0n) is 16.7. The number of halogens is 2. The highest BCUT2D eigenvalue weighted by Gasteiger charge is 2.10. The molecule has 0 N–H and O–H groups in total. The topological polar surface area (TPSA) is 33.2 Å². The number of anilines is 1. The standard InChI is InChI=1S/C24H24F2N2O/c1-3-14-28(2)22-11-10-20(15-21(22)25)18-6-8-19(9-7-18)23(29)12-4-17-5-13-24(26)27-16-17/h5-11,13,15-16H,3-4,12,14H2,1-2H3. The number of ketones is 1. The first kappa shape index (κ1) is 20.6. The van der Waals surface area contributed by atoms with Crippen LogP contribution in [0.2, 0.25) is 0 Å². The van der Waals surface area contributed by atoms with Gasteiger partial charge in [-0.15, -0.1) is 0 Å². The summed E-state index contributed by atoms with van der Waals surface area (Å²) < 4.78 is 27.3. The van der Waals surface area contributed by atoms with Crippen LogP contribution in [0.25, 0.3) is 11.1 Å². The fourth-order valence-corrected chi connectivity index (χ4v) is 3.26. The predicted octanol–water partition coefficient (Wildman–Crippen LogP) is 5.69. The Balaban J connectivity index is 1.67. The summed E-state index contributed by atoms with van der Waals surface area (Å²) in [6.45, 7) is 2.85. The maximum absolute atomic E-state index is 14.5. The Morgan fingerprint density at radius 3 is 2.34 bits per heavy atom. The van der Waals surface area contributed by atoms with Crippen molar-refractivity contribution in [3.8, 4) is 11.1 Å². The van der Waals surface area contributed by atoms with E-state index in [1.54, 1.807) is 24.3 Å². The number of hydrogen-bond acceptors (Lipinski definition) is 3. The highest BCUT2D eigenvalue weighted by Crippen LogP contribution is 2.26. The Morgan fingerprint density at radius 1 is 1.00 bits per heavy atom. The number of hydrogen-bond donors (Lipinski definition) is 0. The van der Waals surface area contributed by atoms with Crippen LogP contribution in [0, 0.1) is 11.8 Å². The van der Waals surface area contributed by atoms with Gasteiger partial charge in [-0.3, -0.25) is 4.79 Å². The second-order valence-electron chi connectivity index (χ2n) is 7.08. The summed E-state index contributed by atoms with van der Waals surface area (Å²) in [5.41, 5.74) is 3.63. The molecule has 2 aromatic carbocycles. The van der Waals surface area contributed by atoms with Gasteiger partial charge in [-0.2, -0.15) is 4.39 Å². The number of aromatic nitrogens is 1. The van der Waals surface area contributed by atoms with Crippen molar-refractivity contribution >= 4 is 11.5 Å². The molecular weight excluding hydrogens is 370 g/mol. The van der Waals surface area contributed by atoms with Crippen LogP contribution in [0.1, 0.15) is 35.7 Å². The summed E-state index contributed by atoms with van der Waals surface area (Å²) in [5.74, 6) is -0.785. The van der Waals surface area contributed by atoms with E-state index >= 15 is 0 Å². The summed E-state index contributed by atoms with van der Waals surface area (Å²) in [7, 11) is 1.88. The summed E-state index contributed by atoms with van der Waals surface area (Å²) in [6, 6.07) is 15.3. The molecule has 0 bridgehead atoms. The maximum atomic E-state index is 14.5. The molecule has 0 saturated heterocycles. The zero-order chi connectivity index (χ0) is 20.8. The van der Waals surface area contributed by atoms with Crippen LogP contribution in [0.3, 0.4) is 0 Å². The molecule has 1 heterocycles. The van der Waals surface area contributed by atoms with Gasteiger partial charge in [0.2, 0.25) is 5.95 Å². The van der Waals surface area contributed by atoms with Crippen molar-refractivity contribution in [2.45, 2.75) is 26.2 Å². The Kier molecular flexibility index (Phi) is 6.70. The van der Waals surface area contributed by atoms with E-state index in [1.165, 1.54) is 18.3 Å². The van der Waals surface area contributed by atoms with Crippen molar-refractivity contribution in [2.24, 2.45) is 0 Å². The van der Waals surface area contributed by atoms with Gasteiger partial charge in [0, 0.05) is 31.8 Å². The lowest BCUT2D eigenvalue weighted by Gasteiger charge is -2.19. The van der Waals surface area contributed by atoms with Crippen molar-refractivity contribution in [2.75, 3.05) is 18.5 Å². The first-order valence-corrected chi connectivity index (χ1v) is 9.72. The molecule has 5 heteroatoms. The van der Waals surface area contributed by atoms with Crippen LogP contribution in [0.4, 0.5) is 14.5 Å². The molecule has 0 aliphatic heterocycles. The van der Waals surface area contributed by atoms with Gasteiger partial charge in [-0.05, 0) is 47.7 Å². The molecule has 3 nitrogen and oxygen atoms in total. The van der Waals surface area contributed by atoms with Gasteiger partial charge in [-0.25, -0.2) is 9.37 Å². The molecule has 0 fully saturated rings. The van der Waals surface area contributed by atoms with Gasteiger partial charge >= 0.3 is 0 Å². The maximum Gasteiger partial charge on any atom is 0.212 e. The summed E-state index contributed by atoms with van der Waals surface area (Å²) in [6.07, 6.45) is 3.22. The zero-order valence-corrected chi connectivity index (χ0v) is 16.7. The molecule has 0 amide bonds. The Bertz CT molecular complexity index is 969. The van der Waals surface area contributed by atoms with E-state index in [0.29, 0.717) is 24.1 Å². The minimum absolute atomic E-state index is 0.00333. The van der Waals surface area contributed by atoms with Crippen molar-refractivity contribution in [1.82, 2.24) is 4.98 Å². The van der Waals surface area contributed by atoms with Crippen molar-refractivity contribution in [1.29, 1.82) is 0 Å². The monoisotopic (exact) mass is 394 g/mol. The van der Waals surface area contributed by atoms with Crippen LogP contribution in [-0.4, -0.2) is 24.4 Å². The van der Waals surface area contributed by atoms with Gasteiger partial charge in [0.1, 0.15) is 5.82 Å². The first-order valence-electron chi connectivity index (χ1n) is 9.72. The smallest absolute Gasteiger partial charge is 0.212 e. The number of carbonyl (C=O) groups excluding carboxylic acids is 1. The number of pyridine rings is 1. The van der Waals surface area contributed by atoms with Gasteiger partial charge < -0.3 is 4.90 Å². The minimum atomic E-state index is -0.530.